The Balaban J connectivity index is 2.24. The lowest BCUT2D eigenvalue weighted by Crippen LogP contribution is -2.03. The van der Waals surface area contributed by atoms with E-state index in [0.29, 0.717) is 11.3 Å². The van der Waals surface area contributed by atoms with E-state index in [1.807, 2.05) is 6.07 Å². The number of nitrogens with zero attached hydrogens (tertiary/aromatic N) is 2. The Kier molecular flexibility index (Phi) is 3.82. The highest BCUT2D eigenvalue weighted by Gasteiger charge is 2.14. The molecule has 0 aliphatic rings. The summed E-state index contributed by atoms with van der Waals surface area (Å²) in [5, 5.41) is 32.3. The minimum atomic E-state index is -0.548. The Labute approximate surface area is 115 Å². The number of phenols is 1. The van der Waals surface area contributed by atoms with Gasteiger partial charge in [0.1, 0.15) is 11.4 Å². The van der Waals surface area contributed by atoms with E-state index in [2.05, 4.69) is 5.32 Å². The van der Waals surface area contributed by atoms with Crippen molar-refractivity contribution >= 4 is 11.4 Å². The Morgan fingerprint density at radius 1 is 1.30 bits per heavy atom. The summed E-state index contributed by atoms with van der Waals surface area (Å²) in [5.74, 6) is 0.122. The largest absolute Gasteiger partial charge is 0.508 e. The molecular weight excluding hydrogens is 258 g/mol. The van der Waals surface area contributed by atoms with Crippen LogP contribution in [-0.4, -0.2) is 10.0 Å². The van der Waals surface area contributed by atoms with Crippen LogP contribution in [0.25, 0.3) is 0 Å². The van der Waals surface area contributed by atoms with Crippen molar-refractivity contribution in [3.05, 3.63) is 63.7 Å². The summed E-state index contributed by atoms with van der Waals surface area (Å²) in [6.45, 7) is 0.249. The second-order valence-electron chi connectivity index (χ2n) is 4.08. The van der Waals surface area contributed by atoms with E-state index < -0.39 is 4.92 Å². The zero-order valence-corrected chi connectivity index (χ0v) is 10.4. The quantitative estimate of drug-likeness (QED) is 0.656. The number of aromatic hydroxyl groups is 1. The zero-order chi connectivity index (χ0) is 14.5. The first-order chi connectivity index (χ1) is 9.61. The summed E-state index contributed by atoms with van der Waals surface area (Å²) >= 11 is 0. The second-order valence-corrected chi connectivity index (χ2v) is 4.08. The van der Waals surface area contributed by atoms with E-state index in [-0.39, 0.29) is 23.5 Å². The van der Waals surface area contributed by atoms with Crippen molar-refractivity contribution in [2.45, 2.75) is 6.54 Å². The first-order valence-electron chi connectivity index (χ1n) is 5.81. The molecule has 0 aliphatic heterocycles. The molecule has 2 aromatic rings. The van der Waals surface area contributed by atoms with Gasteiger partial charge in [-0.15, -0.1) is 0 Å². The summed E-state index contributed by atoms with van der Waals surface area (Å²) < 4.78 is 0. The predicted molar refractivity (Wildman–Crippen MR) is 73.2 cm³/mol. The van der Waals surface area contributed by atoms with E-state index in [0.717, 1.165) is 0 Å². The number of rotatable bonds is 4. The number of phenolic OH excluding ortho intramolecular Hbond substituents is 1. The van der Waals surface area contributed by atoms with Gasteiger partial charge in [-0.25, -0.2) is 0 Å². The third kappa shape index (κ3) is 2.84. The van der Waals surface area contributed by atoms with Crippen LogP contribution < -0.4 is 5.32 Å². The number of nitro benzene ring substituents is 1. The molecule has 2 aromatic carbocycles. The topological polar surface area (TPSA) is 99.2 Å². The average Bonchev–Trinajstić information content (AvgIpc) is 2.46. The molecular formula is C14H11N3O3. The highest BCUT2D eigenvalue weighted by molar-refractivity contribution is 5.64. The number of nitrogens with one attached hydrogen (secondary N) is 1. The smallest absolute Gasteiger partial charge is 0.293 e. The molecule has 0 bridgehead atoms. The van der Waals surface area contributed by atoms with Gasteiger partial charge in [-0.1, -0.05) is 18.2 Å². The fourth-order valence-corrected chi connectivity index (χ4v) is 1.75. The van der Waals surface area contributed by atoms with Crippen LogP contribution >= 0.6 is 0 Å². The number of anilines is 1. The Hall–Kier alpha value is -3.07. The molecule has 2 rings (SSSR count). The summed E-state index contributed by atoms with van der Waals surface area (Å²) in [7, 11) is 0. The van der Waals surface area contributed by atoms with Crippen LogP contribution in [-0.2, 0) is 6.54 Å². The molecule has 0 unspecified atom stereocenters. The molecule has 2 N–H and O–H groups in total. The molecule has 0 amide bonds. The van der Waals surface area contributed by atoms with Crippen molar-refractivity contribution in [3.8, 4) is 11.8 Å². The first kappa shape index (κ1) is 13.4. The summed E-state index contributed by atoms with van der Waals surface area (Å²) in [6, 6.07) is 12.8. The van der Waals surface area contributed by atoms with Gasteiger partial charge in [-0.2, -0.15) is 5.26 Å². The lowest BCUT2D eigenvalue weighted by Gasteiger charge is -2.08. The van der Waals surface area contributed by atoms with Crippen LogP contribution in [0.4, 0.5) is 11.4 Å². The molecule has 6 nitrogen and oxygen atoms in total. The van der Waals surface area contributed by atoms with Gasteiger partial charge in [0.15, 0.2) is 0 Å². The molecule has 0 spiro atoms. The number of hydrogen-bond acceptors (Lipinski definition) is 5. The maximum Gasteiger partial charge on any atom is 0.293 e. The SMILES string of the molecule is N#Cc1ccc(NCc2ccccc2O)c([N+](=O)[O-])c1. The lowest BCUT2D eigenvalue weighted by molar-refractivity contribution is -0.384. The van der Waals surface area contributed by atoms with Crippen molar-refractivity contribution in [3.63, 3.8) is 0 Å². The Morgan fingerprint density at radius 3 is 2.70 bits per heavy atom. The number of nitro groups is 1. The van der Waals surface area contributed by atoms with Crippen LogP contribution in [0.3, 0.4) is 0 Å². The van der Waals surface area contributed by atoms with Gasteiger partial charge in [-0.05, 0) is 18.2 Å². The van der Waals surface area contributed by atoms with Crippen molar-refractivity contribution in [2.75, 3.05) is 5.32 Å². The molecule has 100 valence electrons. The number of para-hydroxylation sites is 1. The van der Waals surface area contributed by atoms with Gasteiger partial charge in [0.25, 0.3) is 5.69 Å². The van der Waals surface area contributed by atoms with Gasteiger partial charge >= 0.3 is 0 Å². The zero-order valence-electron chi connectivity index (χ0n) is 10.4. The van der Waals surface area contributed by atoms with E-state index in [1.165, 1.54) is 18.2 Å². The fourth-order valence-electron chi connectivity index (χ4n) is 1.75. The summed E-state index contributed by atoms with van der Waals surface area (Å²) in [6.07, 6.45) is 0. The molecule has 0 fully saturated rings. The van der Waals surface area contributed by atoms with Crippen LogP contribution in [0.5, 0.6) is 5.75 Å². The maximum atomic E-state index is 11.0. The minimum Gasteiger partial charge on any atom is -0.508 e. The Bertz CT molecular complexity index is 692. The van der Waals surface area contributed by atoms with Gasteiger partial charge in [0.05, 0.1) is 16.6 Å². The van der Waals surface area contributed by atoms with Gasteiger partial charge in [0, 0.05) is 18.2 Å². The molecule has 0 radical (unpaired) electrons. The van der Waals surface area contributed by atoms with E-state index >= 15 is 0 Å². The average molecular weight is 269 g/mol. The molecule has 6 heteroatoms. The van der Waals surface area contributed by atoms with Crippen LogP contribution in [0.15, 0.2) is 42.5 Å². The molecule has 0 saturated carbocycles. The van der Waals surface area contributed by atoms with Crippen LogP contribution in [0.1, 0.15) is 11.1 Å². The monoisotopic (exact) mass is 269 g/mol. The van der Waals surface area contributed by atoms with Gasteiger partial charge in [-0.3, -0.25) is 10.1 Å². The van der Waals surface area contributed by atoms with Crippen molar-refractivity contribution < 1.29 is 10.0 Å². The molecule has 0 aromatic heterocycles. The normalized spacial score (nSPS) is 9.75. The number of benzene rings is 2. The maximum absolute atomic E-state index is 11.0. The minimum absolute atomic E-state index is 0.122. The van der Waals surface area contributed by atoms with E-state index in [1.54, 1.807) is 24.3 Å². The third-order valence-electron chi connectivity index (χ3n) is 2.78. The Morgan fingerprint density at radius 2 is 2.05 bits per heavy atom. The van der Waals surface area contributed by atoms with Gasteiger partial charge in [0.2, 0.25) is 0 Å². The molecule has 0 heterocycles. The van der Waals surface area contributed by atoms with E-state index in [4.69, 9.17) is 5.26 Å². The summed E-state index contributed by atoms with van der Waals surface area (Å²) in [4.78, 5) is 10.4. The van der Waals surface area contributed by atoms with E-state index in [9.17, 15) is 15.2 Å². The van der Waals surface area contributed by atoms with Gasteiger partial charge < -0.3 is 10.4 Å². The lowest BCUT2D eigenvalue weighted by atomic mass is 10.1. The summed E-state index contributed by atoms with van der Waals surface area (Å²) in [5.41, 5.74) is 0.993. The number of hydrogen-bond donors (Lipinski definition) is 2. The predicted octanol–water partition coefficient (Wildman–Crippen LogP) is 2.78. The third-order valence-corrected chi connectivity index (χ3v) is 2.78. The molecule has 0 aliphatic carbocycles. The highest BCUT2D eigenvalue weighted by atomic mass is 16.6. The molecule has 0 saturated heterocycles. The van der Waals surface area contributed by atoms with Crippen LogP contribution in [0, 0.1) is 21.4 Å². The van der Waals surface area contributed by atoms with Crippen LogP contribution in [0.2, 0.25) is 0 Å². The highest BCUT2D eigenvalue weighted by Crippen LogP contribution is 2.26. The van der Waals surface area contributed by atoms with Crippen molar-refractivity contribution in [1.29, 1.82) is 5.26 Å². The van der Waals surface area contributed by atoms with Crippen molar-refractivity contribution in [1.82, 2.24) is 0 Å². The fraction of sp³-hybridized carbons (Fsp3) is 0.0714. The first-order valence-corrected chi connectivity index (χ1v) is 5.81. The standard InChI is InChI=1S/C14H11N3O3/c15-8-10-5-6-12(13(7-10)17(19)20)16-9-11-3-1-2-4-14(11)18/h1-7,16,18H,9H2. The second kappa shape index (κ2) is 5.71. The number of nitriles is 1. The van der Waals surface area contributed by atoms with Crippen molar-refractivity contribution in [2.24, 2.45) is 0 Å². The molecule has 20 heavy (non-hydrogen) atoms. The molecule has 0 atom stereocenters.